The van der Waals surface area contributed by atoms with Crippen LogP contribution in [0.4, 0.5) is 0 Å². The molecular weight excluding hydrogens is 663 g/mol. The molecule has 5 aromatic carbocycles. The van der Waals surface area contributed by atoms with Gasteiger partial charge in [0.1, 0.15) is 23.2 Å². The van der Waals surface area contributed by atoms with Crippen molar-refractivity contribution >= 4 is 39.5 Å². The molecule has 3 amide bonds. The van der Waals surface area contributed by atoms with Crippen LogP contribution in [0.15, 0.2) is 133 Å². The molecule has 0 saturated carbocycles. The van der Waals surface area contributed by atoms with Crippen LogP contribution in [-0.2, 0) is 11.8 Å². The molecule has 0 bridgehead atoms. The number of carbonyl (C=O) groups excluding carboxylic acids is 3. The molecule has 2 aromatic heterocycles. The maximum atomic E-state index is 14.5. The van der Waals surface area contributed by atoms with Crippen molar-refractivity contribution in [2.45, 2.75) is 32.4 Å². The molecule has 0 radical (unpaired) electrons. The predicted molar refractivity (Wildman–Crippen MR) is 206 cm³/mol. The number of aromatic nitrogens is 2. The minimum absolute atomic E-state index is 0.233. The van der Waals surface area contributed by atoms with Gasteiger partial charge in [0.2, 0.25) is 0 Å². The molecule has 0 saturated heterocycles. The quantitative estimate of drug-likeness (QED) is 0.131. The number of hydrogen-bond acceptors (Lipinski definition) is 4. The van der Waals surface area contributed by atoms with E-state index in [-0.39, 0.29) is 11.8 Å². The summed E-state index contributed by atoms with van der Waals surface area (Å²) in [7, 11) is 1.80. The molecular formula is C44H39N5O4. The topological polar surface area (TPSA) is 108 Å². The summed E-state index contributed by atoms with van der Waals surface area (Å²) in [6, 6.07) is 41.0. The van der Waals surface area contributed by atoms with Gasteiger partial charge in [-0.3, -0.25) is 25.2 Å². The van der Waals surface area contributed by atoms with Gasteiger partial charge in [-0.15, -0.1) is 0 Å². The molecule has 3 N–H and O–H groups in total. The summed E-state index contributed by atoms with van der Waals surface area (Å²) >= 11 is 0. The molecule has 3 unspecified atom stereocenters. The lowest BCUT2D eigenvalue weighted by Crippen LogP contribution is -2.56. The second kappa shape index (κ2) is 13.8. The normalized spacial score (nSPS) is 15.0. The minimum atomic E-state index is -0.910. The number of rotatable bonds is 9. The largest absolute Gasteiger partial charge is 0.457 e. The molecule has 8 rings (SSSR count). The molecule has 7 aromatic rings. The van der Waals surface area contributed by atoms with E-state index in [9.17, 15) is 14.4 Å². The zero-order valence-corrected chi connectivity index (χ0v) is 29.7. The maximum absolute atomic E-state index is 14.5. The summed E-state index contributed by atoms with van der Waals surface area (Å²) in [5.74, 6) is -0.0922. The molecule has 3 heterocycles. The van der Waals surface area contributed by atoms with Crippen LogP contribution in [-0.4, -0.2) is 38.2 Å². The average molecular weight is 702 g/mol. The van der Waals surface area contributed by atoms with E-state index in [0.717, 1.165) is 44.2 Å². The Kier molecular flexibility index (Phi) is 8.76. The van der Waals surface area contributed by atoms with Gasteiger partial charge in [0, 0.05) is 40.0 Å². The third kappa shape index (κ3) is 6.00. The molecule has 9 nitrogen and oxygen atoms in total. The molecule has 9 heteroatoms. The monoisotopic (exact) mass is 701 g/mol. The highest BCUT2D eigenvalue weighted by Crippen LogP contribution is 2.47. The highest BCUT2D eigenvalue weighted by molar-refractivity contribution is 6.05. The van der Waals surface area contributed by atoms with E-state index < -0.39 is 23.9 Å². The fourth-order valence-corrected chi connectivity index (χ4v) is 7.57. The fourth-order valence-electron chi connectivity index (χ4n) is 7.57. The first-order valence-electron chi connectivity index (χ1n) is 17.8. The number of H-pyrrole nitrogens is 1. The maximum Gasteiger partial charge on any atom is 0.286 e. The highest BCUT2D eigenvalue weighted by atomic mass is 16.5. The molecule has 1 aliphatic rings. The van der Waals surface area contributed by atoms with E-state index in [1.54, 1.807) is 22.6 Å². The van der Waals surface area contributed by atoms with E-state index >= 15 is 0 Å². The number of aromatic amines is 1. The van der Waals surface area contributed by atoms with Crippen LogP contribution in [0.2, 0.25) is 0 Å². The molecule has 264 valence electrons. The van der Waals surface area contributed by atoms with E-state index in [1.165, 1.54) is 0 Å². The molecule has 1 aliphatic heterocycles. The number of ether oxygens (including phenoxy) is 1. The van der Waals surface area contributed by atoms with Gasteiger partial charge < -0.3 is 19.2 Å². The summed E-state index contributed by atoms with van der Waals surface area (Å²) in [5, 5.41) is 1.78. The standard InChI is InChI=1S/C44H39N5O4/c1-4-27(2)40(43(51)47-46-42(50)37-26-29-25-31(23-24-36(29)48(37)3)53-30-17-9-6-10-18-30)49-41(32-19-11-12-20-33(32)44(49)52)38-34-21-13-14-22-35(34)45-39(38)28-15-7-5-8-16-28/h5-27,40-41,45H,4H2,1-3H3,(H,46,50)(H,47,51). The molecule has 53 heavy (non-hydrogen) atoms. The Labute approximate surface area is 307 Å². The van der Waals surface area contributed by atoms with Crippen molar-refractivity contribution in [1.82, 2.24) is 25.3 Å². The van der Waals surface area contributed by atoms with Crippen LogP contribution in [0.3, 0.4) is 0 Å². The number of nitrogens with zero attached hydrogens (tertiary/aromatic N) is 2. The number of hydrogen-bond donors (Lipinski definition) is 3. The smallest absolute Gasteiger partial charge is 0.286 e. The van der Waals surface area contributed by atoms with Gasteiger partial charge in [0.25, 0.3) is 17.7 Å². The van der Waals surface area contributed by atoms with Crippen molar-refractivity contribution in [3.8, 4) is 22.8 Å². The van der Waals surface area contributed by atoms with Gasteiger partial charge in [-0.2, -0.15) is 0 Å². The number of para-hydroxylation sites is 2. The van der Waals surface area contributed by atoms with Crippen LogP contribution in [0, 0.1) is 5.92 Å². The van der Waals surface area contributed by atoms with Crippen LogP contribution in [0.1, 0.15) is 58.3 Å². The molecule has 0 fully saturated rings. The summed E-state index contributed by atoms with van der Waals surface area (Å²) in [6.07, 6.45) is 0.620. The zero-order valence-electron chi connectivity index (χ0n) is 29.7. The van der Waals surface area contributed by atoms with Gasteiger partial charge in [-0.1, -0.05) is 105 Å². The minimum Gasteiger partial charge on any atom is -0.457 e. The van der Waals surface area contributed by atoms with Crippen LogP contribution in [0.5, 0.6) is 11.5 Å². The summed E-state index contributed by atoms with van der Waals surface area (Å²) in [6.45, 7) is 3.96. The zero-order chi connectivity index (χ0) is 36.6. The SMILES string of the molecule is CCC(C)C(C(=O)NNC(=O)c1cc2cc(Oc3ccccc3)ccc2n1C)N1C(=O)c2ccccc2C1c1c(-c2ccccc2)[nH]c2ccccc12. The van der Waals surface area contributed by atoms with Crippen LogP contribution < -0.4 is 15.6 Å². The second-order valence-electron chi connectivity index (χ2n) is 13.5. The lowest BCUT2D eigenvalue weighted by atomic mass is 9.90. The third-order valence-corrected chi connectivity index (χ3v) is 10.4. The number of hydrazine groups is 1. The Balaban J connectivity index is 1.12. The number of aryl methyl sites for hydroxylation is 1. The number of nitrogens with one attached hydrogen (secondary N) is 3. The highest BCUT2D eigenvalue weighted by Gasteiger charge is 2.47. The summed E-state index contributed by atoms with van der Waals surface area (Å²) < 4.78 is 7.78. The van der Waals surface area contributed by atoms with E-state index in [0.29, 0.717) is 29.2 Å². The second-order valence-corrected chi connectivity index (χ2v) is 13.5. The van der Waals surface area contributed by atoms with E-state index in [2.05, 4.69) is 21.9 Å². The predicted octanol–water partition coefficient (Wildman–Crippen LogP) is 8.54. The van der Waals surface area contributed by atoms with Crippen molar-refractivity contribution < 1.29 is 19.1 Å². The first-order chi connectivity index (χ1) is 25.8. The van der Waals surface area contributed by atoms with Crippen molar-refractivity contribution in [1.29, 1.82) is 0 Å². The Bertz CT molecular complexity index is 2490. The molecule has 0 spiro atoms. The van der Waals surface area contributed by atoms with Gasteiger partial charge in [0.15, 0.2) is 0 Å². The Morgan fingerprint density at radius 1 is 0.811 bits per heavy atom. The summed E-state index contributed by atoms with van der Waals surface area (Å²) in [4.78, 5) is 48.0. The van der Waals surface area contributed by atoms with E-state index in [1.807, 2.05) is 135 Å². The average Bonchev–Trinajstić information content (AvgIpc) is 3.83. The van der Waals surface area contributed by atoms with E-state index in [4.69, 9.17) is 4.74 Å². The molecule has 0 aliphatic carbocycles. The van der Waals surface area contributed by atoms with Gasteiger partial charge >= 0.3 is 0 Å². The first kappa shape index (κ1) is 33.5. The number of benzene rings is 5. The van der Waals surface area contributed by atoms with Crippen LogP contribution >= 0.6 is 0 Å². The first-order valence-corrected chi connectivity index (χ1v) is 17.8. The van der Waals surface area contributed by atoms with Crippen LogP contribution in [0.25, 0.3) is 33.1 Å². The Hall–Kier alpha value is -6.61. The lowest BCUT2D eigenvalue weighted by molar-refractivity contribution is -0.128. The van der Waals surface area contributed by atoms with Gasteiger partial charge in [-0.25, -0.2) is 0 Å². The summed E-state index contributed by atoms with van der Waals surface area (Å²) in [5.41, 5.74) is 11.6. The molecule has 3 atom stereocenters. The number of amides is 3. The van der Waals surface area contributed by atoms with Crippen molar-refractivity contribution in [2.75, 3.05) is 0 Å². The number of fused-ring (bicyclic) bond motifs is 3. The van der Waals surface area contributed by atoms with Gasteiger partial charge in [-0.05, 0) is 65.6 Å². The fraction of sp³-hybridized carbons (Fsp3) is 0.159. The Morgan fingerprint density at radius 3 is 2.28 bits per heavy atom. The van der Waals surface area contributed by atoms with Gasteiger partial charge in [0.05, 0.1) is 11.7 Å². The Morgan fingerprint density at radius 2 is 1.51 bits per heavy atom. The third-order valence-electron chi connectivity index (χ3n) is 10.4. The van der Waals surface area contributed by atoms with Crippen molar-refractivity contribution in [2.24, 2.45) is 13.0 Å². The van der Waals surface area contributed by atoms with Crippen molar-refractivity contribution in [3.05, 3.63) is 156 Å². The lowest BCUT2D eigenvalue weighted by Gasteiger charge is -2.36. The van der Waals surface area contributed by atoms with Crippen molar-refractivity contribution in [3.63, 3.8) is 0 Å². The number of carbonyl (C=O) groups is 3.